The van der Waals surface area contributed by atoms with Crippen LogP contribution in [0.4, 0.5) is 5.69 Å². The van der Waals surface area contributed by atoms with Gasteiger partial charge in [0.05, 0.1) is 11.6 Å². The Kier molecular flexibility index (Phi) is 6.63. The van der Waals surface area contributed by atoms with Crippen LogP contribution in [0.3, 0.4) is 0 Å². The first-order valence-corrected chi connectivity index (χ1v) is 10.9. The predicted octanol–water partition coefficient (Wildman–Crippen LogP) is 7.39. The van der Waals surface area contributed by atoms with Gasteiger partial charge in [-0.25, -0.2) is 0 Å². The van der Waals surface area contributed by atoms with Crippen molar-refractivity contribution < 1.29 is 9.47 Å². The molecule has 4 aromatic rings. The molecule has 0 aliphatic carbocycles. The van der Waals surface area contributed by atoms with E-state index in [1.165, 1.54) is 16.3 Å². The van der Waals surface area contributed by atoms with Crippen LogP contribution in [0.2, 0.25) is 5.02 Å². The summed E-state index contributed by atoms with van der Waals surface area (Å²) in [6, 6.07) is 26.7. The van der Waals surface area contributed by atoms with Gasteiger partial charge in [-0.1, -0.05) is 72.3 Å². The second-order valence-corrected chi connectivity index (χ2v) is 7.84. The van der Waals surface area contributed by atoms with Gasteiger partial charge in [0, 0.05) is 12.2 Å². The van der Waals surface area contributed by atoms with E-state index in [0.29, 0.717) is 36.3 Å². The summed E-state index contributed by atoms with van der Waals surface area (Å²) in [5.74, 6) is 1.24. The molecular weight excluding hydrogens is 406 g/mol. The molecule has 0 aromatic heterocycles. The molecule has 0 amide bonds. The van der Waals surface area contributed by atoms with E-state index < -0.39 is 0 Å². The summed E-state index contributed by atoms with van der Waals surface area (Å²) < 4.78 is 12.0. The molecule has 0 heterocycles. The third-order valence-corrected chi connectivity index (χ3v) is 5.53. The minimum atomic E-state index is 0.419. The summed E-state index contributed by atoms with van der Waals surface area (Å²) >= 11 is 6.63. The fraction of sp³-hybridized carbons (Fsp3) is 0.185. The predicted molar refractivity (Wildman–Crippen MR) is 129 cm³/mol. The van der Waals surface area contributed by atoms with Crippen LogP contribution in [0, 0.1) is 6.92 Å². The number of benzene rings is 4. The van der Waals surface area contributed by atoms with E-state index >= 15 is 0 Å². The van der Waals surface area contributed by atoms with Gasteiger partial charge in [0.1, 0.15) is 6.61 Å². The van der Waals surface area contributed by atoms with Gasteiger partial charge < -0.3 is 14.8 Å². The molecule has 3 nitrogen and oxygen atoms in total. The van der Waals surface area contributed by atoms with Crippen LogP contribution in [-0.2, 0) is 13.2 Å². The number of aryl methyl sites for hydroxylation is 1. The first-order chi connectivity index (χ1) is 15.2. The molecule has 0 fully saturated rings. The van der Waals surface area contributed by atoms with Gasteiger partial charge in [0.2, 0.25) is 0 Å². The summed E-state index contributed by atoms with van der Waals surface area (Å²) in [6.07, 6.45) is 0. The zero-order valence-corrected chi connectivity index (χ0v) is 18.6. The van der Waals surface area contributed by atoms with E-state index in [-0.39, 0.29) is 0 Å². The average molecular weight is 432 g/mol. The number of fused-ring (bicyclic) bond motifs is 1. The second kappa shape index (κ2) is 9.76. The van der Waals surface area contributed by atoms with E-state index in [2.05, 4.69) is 48.6 Å². The molecule has 0 spiro atoms. The van der Waals surface area contributed by atoms with Crippen molar-refractivity contribution in [2.45, 2.75) is 27.0 Å². The third kappa shape index (κ3) is 4.95. The molecule has 0 saturated carbocycles. The molecule has 0 radical (unpaired) electrons. The van der Waals surface area contributed by atoms with E-state index in [0.717, 1.165) is 16.8 Å². The lowest BCUT2D eigenvalue weighted by Gasteiger charge is -2.17. The van der Waals surface area contributed by atoms with E-state index in [9.17, 15) is 0 Å². The zero-order chi connectivity index (χ0) is 21.6. The van der Waals surface area contributed by atoms with Crippen LogP contribution in [0.5, 0.6) is 11.5 Å². The van der Waals surface area contributed by atoms with Gasteiger partial charge in [0.15, 0.2) is 11.5 Å². The molecule has 31 heavy (non-hydrogen) atoms. The van der Waals surface area contributed by atoms with Crippen molar-refractivity contribution in [2.75, 3.05) is 11.9 Å². The smallest absolute Gasteiger partial charge is 0.180 e. The Labute approximate surface area is 188 Å². The van der Waals surface area contributed by atoms with Crippen molar-refractivity contribution in [2.24, 2.45) is 0 Å². The molecule has 0 aliphatic heterocycles. The molecule has 0 atom stereocenters. The standard InChI is InChI=1S/C27H26ClNO2/c1-3-30-26-16-20(17-29-25-14-7-4-9-19(25)2)15-24(28)27(26)31-18-22-12-8-11-21-10-5-6-13-23(21)22/h4-16,29H,3,17-18H2,1-2H3. The maximum Gasteiger partial charge on any atom is 0.180 e. The Hall–Kier alpha value is -3.17. The van der Waals surface area contributed by atoms with Gasteiger partial charge in [-0.2, -0.15) is 0 Å². The zero-order valence-electron chi connectivity index (χ0n) is 17.8. The lowest BCUT2D eigenvalue weighted by molar-refractivity contribution is 0.270. The van der Waals surface area contributed by atoms with Crippen LogP contribution >= 0.6 is 11.6 Å². The number of halogens is 1. The number of nitrogens with one attached hydrogen (secondary N) is 1. The number of ether oxygens (including phenoxy) is 2. The van der Waals surface area contributed by atoms with Crippen LogP contribution in [0.1, 0.15) is 23.6 Å². The number of hydrogen-bond donors (Lipinski definition) is 1. The summed E-state index contributed by atoms with van der Waals surface area (Å²) in [7, 11) is 0. The maximum absolute atomic E-state index is 6.63. The summed E-state index contributed by atoms with van der Waals surface area (Å²) in [4.78, 5) is 0. The molecule has 4 aromatic carbocycles. The van der Waals surface area contributed by atoms with Crippen LogP contribution < -0.4 is 14.8 Å². The van der Waals surface area contributed by atoms with Gasteiger partial charge in [0.25, 0.3) is 0 Å². The maximum atomic E-state index is 6.63. The molecule has 0 bridgehead atoms. The molecule has 4 rings (SSSR count). The van der Waals surface area contributed by atoms with Crippen LogP contribution in [-0.4, -0.2) is 6.61 Å². The Morgan fingerprint density at radius 3 is 2.48 bits per heavy atom. The Balaban J connectivity index is 1.55. The van der Waals surface area contributed by atoms with E-state index in [1.54, 1.807) is 0 Å². The van der Waals surface area contributed by atoms with Crippen molar-refractivity contribution in [3.8, 4) is 11.5 Å². The van der Waals surface area contributed by atoms with E-state index in [4.69, 9.17) is 21.1 Å². The summed E-state index contributed by atoms with van der Waals surface area (Å²) in [5.41, 5.74) is 4.46. The number of hydrogen-bond acceptors (Lipinski definition) is 3. The van der Waals surface area contributed by atoms with Crippen molar-refractivity contribution in [3.63, 3.8) is 0 Å². The van der Waals surface area contributed by atoms with Gasteiger partial charge >= 0.3 is 0 Å². The molecule has 0 unspecified atom stereocenters. The highest BCUT2D eigenvalue weighted by atomic mass is 35.5. The van der Waals surface area contributed by atoms with Crippen LogP contribution in [0.25, 0.3) is 10.8 Å². The fourth-order valence-electron chi connectivity index (χ4n) is 3.66. The number of rotatable bonds is 8. The Morgan fingerprint density at radius 2 is 1.65 bits per heavy atom. The van der Waals surface area contributed by atoms with Crippen molar-refractivity contribution in [3.05, 3.63) is 101 Å². The summed E-state index contributed by atoms with van der Waals surface area (Å²) in [6.45, 7) is 5.65. The first-order valence-electron chi connectivity index (χ1n) is 10.5. The quantitative estimate of drug-likeness (QED) is 0.315. The number of para-hydroxylation sites is 1. The lowest BCUT2D eigenvalue weighted by atomic mass is 10.1. The SMILES string of the molecule is CCOc1cc(CNc2ccccc2C)cc(Cl)c1OCc1cccc2ccccc12. The van der Waals surface area contributed by atoms with Gasteiger partial charge in [-0.15, -0.1) is 0 Å². The monoisotopic (exact) mass is 431 g/mol. The largest absolute Gasteiger partial charge is 0.490 e. The topological polar surface area (TPSA) is 30.5 Å². The van der Waals surface area contributed by atoms with Gasteiger partial charge in [-0.05, 0) is 59.5 Å². The second-order valence-electron chi connectivity index (χ2n) is 7.43. The molecule has 158 valence electrons. The van der Waals surface area contributed by atoms with Crippen molar-refractivity contribution >= 4 is 28.1 Å². The van der Waals surface area contributed by atoms with E-state index in [1.807, 2.05) is 49.4 Å². The molecular formula is C27H26ClNO2. The summed E-state index contributed by atoms with van der Waals surface area (Å²) in [5, 5.41) is 6.39. The highest BCUT2D eigenvalue weighted by Gasteiger charge is 2.14. The number of anilines is 1. The van der Waals surface area contributed by atoms with Crippen molar-refractivity contribution in [1.82, 2.24) is 0 Å². The van der Waals surface area contributed by atoms with Gasteiger partial charge in [-0.3, -0.25) is 0 Å². The molecule has 0 saturated heterocycles. The molecule has 1 N–H and O–H groups in total. The first kappa shape index (κ1) is 21.1. The highest BCUT2D eigenvalue weighted by Crippen LogP contribution is 2.38. The molecule has 4 heteroatoms. The Morgan fingerprint density at radius 1 is 0.871 bits per heavy atom. The lowest BCUT2D eigenvalue weighted by Crippen LogP contribution is -2.04. The fourth-order valence-corrected chi connectivity index (χ4v) is 3.95. The molecule has 0 aliphatic rings. The average Bonchev–Trinajstić information content (AvgIpc) is 2.78. The third-order valence-electron chi connectivity index (χ3n) is 5.25. The Bertz CT molecular complexity index is 1180. The normalized spacial score (nSPS) is 10.8. The highest BCUT2D eigenvalue weighted by molar-refractivity contribution is 6.32. The van der Waals surface area contributed by atoms with Crippen molar-refractivity contribution in [1.29, 1.82) is 0 Å². The minimum absolute atomic E-state index is 0.419. The van der Waals surface area contributed by atoms with Crippen LogP contribution in [0.15, 0.2) is 78.9 Å². The minimum Gasteiger partial charge on any atom is -0.490 e.